The van der Waals surface area contributed by atoms with Crippen molar-refractivity contribution in [2.45, 2.75) is 32.6 Å². The van der Waals surface area contributed by atoms with Gasteiger partial charge in [0.05, 0.1) is 5.57 Å². The molecule has 0 atom stereocenters. The van der Waals surface area contributed by atoms with Gasteiger partial charge in [0.15, 0.2) is 5.82 Å². The number of pyridine rings is 1. The molecule has 0 bridgehead atoms. The van der Waals surface area contributed by atoms with Crippen molar-refractivity contribution in [3.8, 4) is 0 Å². The number of halogens is 2. The molecule has 3 rings (SSSR count). The third-order valence-electron chi connectivity index (χ3n) is 4.29. The Morgan fingerprint density at radius 2 is 2.04 bits per heavy atom. The van der Waals surface area contributed by atoms with Crippen LogP contribution in [0.4, 0.5) is 15.9 Å². The summed E-state index contributed by atoms with van der Waals surface area (Å²) < 4.78 is 14.0. The van der Waals surface area contributed by atoms with Gasteiger partial charge in [0.25, 0.3) is 0 Å². The van der Waals surface area contributed by atoms with Crippen molar-refractivity contribution in [3.63, 3.8) is 0 Å². The average molecular weight is 371 g/mol. The largest absolute Gasteiger partial charge is 0.340 e. The van der Waals surface area contributed by atoms with E-state index in [-0.39, 0.29) is 16.4 Å². The molecule has 0 amide bonds. The molecule has 0 saturated carbocycles. The van der Waals surface area contributed by atoms with Crippen molar-refractivity contribution in [3.05, 3.63) is 71.2 Å². The summed E-state index contributed by atoms with van der Waals surface area (Å²) in [6.45, 7) is 8.94. The van der Waals surface area contributed by atoms with Gasteiger partial charge >= 0.3 is 0 Å². The average Bonchev–Trinajstić information content (AvgIpc) is 2.61. The Morgan fingerprint density at radius 1 is 1.27 bits per heavy atom. The Kier molecular flexibility index (Phi) is 5.47. The number of allylic oxidation sites excluding steroid dienone is 4. The fourth-order valence-electron chi connectivity index (χ4n) is 2.98. The third-order valence-corrected chi connectivity index (χ3v) is 4.40. The van der Waals surface area contributed by atoms with Crippen LogP contribution in [0.3, 0.4) is 0 Å². The Bertz CT molecular complexity index is 905. The zero-order valence-corrected chi connectivity index (χ0v) is 15.4. The second-order valence-electron chi connectivity index (χ2n) is 6.25. The first-order valence-electron chi connectivity index (χ1n) is 8.44. The molecule has 1 aliphatic rings. The van der Waals surface area contributed by atoms with Crippen LogP contribution in [0.15, 0.2) is 48.6 Å². The standard InChI is InChI=1S/C20H20ClFN4/c1-12-11-23-9-8-17(12)24-19-15-6-4-5-7-18(15)25-20(26-19)16(14(3)22)10-13(2)21/h8-11H,2-7H2,1H3,(H,23,24,25,26)/b16-10+. The smallest absolute Gasteiger partial charge is 0.164 e. The number of nitrogens with one attached hydrogen (secondary N) is 1. The van der Waals surface area contributed by atoms with Crippen LogP contribution in [0.1, 0.15) is 35.5 Å². The van der Waals surface area contributed by atoms with Crippen LogP contribution in [0.2, 0.25) is 0 Å². The number of aromatic nitrogens is 3. The first-order valence-corrected chi connectivity index (χ1v) is 8.82. The molecular formula is C20H20ClFN4. The predicted molar refractivity (Wildman–Crippen MR) is 104 cm³/mol. The Labute approximate surface area is 157 Å². The van der Waals surface area contributed by atoms with E-state index in [2.05, 4.69) is 33.4 Å². The summed E-state index contributed by atoms with van der Waals surface area (Å²) in [7, 11) is 0. The fourth-order valence-corrected chi connectivity index (χ4v) is 3.09. The molecule has 0 radical (unpaired) electrons. The molecule has 0 spiro atoms. The monoisotopic (exact) mass is 370 g/mol. The van der Waals surface area contributed by atoms with Gasteiger partial charge in [-0.15, -0.1) is 0 Å². The molecule has 6 heteroatoms. The number of hydrogen-bond acceptors (Lipinski definition) is 4. The molecule has 0 aliphatic heterocycles. The Hall–Kier alpha value is -2.53. The maximum atomic E-state index is 14.0. The van der Waals surface area contributed by atoms with Crippen molar-refractivity contribution in [1.82, 2.24) is 15.0 Å². The minimum Gasteiger partial charge on any atom is -0.340 e. The highest BCUT2D eigenvalue weighted by Gasteiger charge is 2.21. The molecule has 26 heavy (non-hydrogen) atoms. The van der Waals surface area contributed by atoms with E-state index in [1.54, 1.807) is 12.4 Å². The molecule has 4 nitrogen and oxygen atoms in total. The molecule has 2 aromatic heterocycles. The molecular weight excluding hydrogens is 351 g/mol. The minimum atomic E-state index is -0.645. The number of nitrogens with zero attached hydrogens (tertiary/aromatic N) is 3. The lowest BCUT2D eigenvalue weighted by molar-refractivity contribution is 0.657. The number of aryl methyl sites for hydroxylation is 2. The van der Waals surface area contributed by atoms with Gasteiger partial charge in [-0.2, -0.15) is 0 Å². The van der Waals surface area contributed by atoms with E-state index in [1.165, 1.54) is 6.08 Å². The van der Waals surface area contributed by atoms with Crippen molar-refractivity contribution in [2.24, 2.45) is 0 Å². The van der Waals surface area contributed by atoms with Crippen molar-refractivity contribution in [2.75, 3.05) is 5.32 Å². The highest BCUT2D eigenvalue weighted by atomic mass is 35.5. The highest BCUT2D eigenvalue weighted by molar-refractivity contribution is 6.31. The van der Waals surface area contributed by atoms with Crippen molar-refractivity contribution >= 4 is 28.7 Å². The maximum absolute atomic E-state index is 14.0. The molecule has 2 aromatic rings. The number of fused-ring (bicyclic) bond motifs is 1. The predicted octanol–water partition coefficient (Wildman–Crippen LogP) is 5.42. The van der Waals surface area contributed by atoms with Gasteiger partial charge in [-0.25, -0.2) is 14.4 Å². The molecule has 1 aliphatic carbocycles. The maximum Gasteiger partial charge on any atom is 0.164 e. The summed E-state index contributed by atoms with van der Waals surface area (Å²) in [6.07, 6.45) is 8.75. The summed E-state index contributed by atoms with van der Waals surface area (Å²) in [5, 5.41) is 3.56. The van der Waals surface area contributed by atoms with Gasteiger partial charge in [-0.1, -0.05) is 24.8 Å². The lowest BCUT2D eigenvalue weighted by Gasteiger charge is -2.21. The van der Waals surface area contributed by atoms with Gasteiger partial charge in [-0.05, 0) is 50.3 Å². The zero-order valence-electron chi connectivity index (χ0n) is 14.6. The van der Waals surface area contributed by atoms with Gasteiger partial charge in [0, 0.05) is 34.4 Å². The van der Waals surface area contributed by atoms with Gasteiger partial charge in [0.1, 0.15) is 11.6 Å². The third kappa shape index (κ3) is 3.99. The van der Waals surface area contributed by atoms with Crippen LogP contribution in [0.25, 0.3) is 5.57 Å². The first kappa shape index (κ1) is 18.3. The molecule has 0 aromatic carbocycles. The summed E-state index contributed by atoms with van der Waals surface area (Å²) in [6, 6.07) is 1.89. The molecule has 2 heterocycles. The van der Waals surface area contributed by atoms with Crippen molar-refractivity contribution < 1.29 is 4.39 Å². The van der Waals surface area contributed by atoms with Crippen molar-refractivity contribution in [1.29, 1.82) is 0 Å². The van der Waals surface area contributed by atoms with Gasteiger partial charge < -0.3 is 5.32 Å². The van der Waals surface area contributed by atoms with Crippen LogP contribution in [-0.2, 0) is 12.8 Å². The van der Waals surface area contributed by atoms with E-state index in [0.717, 1.165) is 48.2 Å². The number of anilines is 2. The van der Waals surface area contributed by atoms with Gasteiger partial charge in [0.2, 0.25) is 0 Å². The first-order chi connectivity index (χ1) is 12.5. The summed E-state index contributed by atoms with van der Waals surface area (Å²) in [5.74, 6) is 0.300. The topological polar surface area (TPSA) is 50.7 Å². The van der Waals surface area contributed by atoms with Crippen LogP contribution >= 0.6 is 11.6 Å². The number of hydrogen-bond donors (Lipinski definition) is 1. The zero-order chi connectivity index (χ0) is 18.7. The van der Waals surface area contributed by atoms with Crippen LogP contribution in [0, 0.1) is 6.92 Å². The second kappa shape index (κ2) is 7.79. The molecule has 1 N–H and O–H groups in total. The quantitative estimate of drug-likeness (QED) is 0.714. The Morgan fingerprint density at radius 3 is 2.73 bits per heavy atom. The lowest BCUT2D eigenvalue weighted by Crippen LogP contribution is -2.13. The van der Waals surface area contributed by atoms with E-state index in [4.69, 9.17) is 11.6 Å². The molecule has 0 unspecified atom stereocenters. The fraction of sp³-hybridized carbons (Fsp3) is 0.250. The minimum absolute atomic E-state index is 0.146. The normalized spacial score (nSPS) is 13.9. The highest BCUT2D eigenvalue weighted by Crippen LogP contribution is 2.32. The second-order valence-corrected chi connectivity index (χ2v) is 6.74. The molecule has 0 fully saturated rings. The molecule has 0 saturated heterocycles. The Balaban J connectivity index is 2.12. The van der Waals surface area contributed by atoms with Crippen LogP contribution < -0.4 is 5.32 Å². The molecule has 134 valence electrons. The van der Waals surface area contributed by atoms with Gasteiger partial charge in [-0.3, -0.25) is 4.98 Å². The van der Waals surface area contributed by atoms with E-state index < -0.39 is 5.83 Å². The van der Waals surface area contributed by atoms with E-state index >= 15 is 0 Å². The van der Waals surface area contributed by atoms with E-state index in [0.29, 0.717) is 5.82 Å². The van der Waals surface area contributed by atoms with Crippen LogP contribution in [-0.4, -0.2) is 15.0 Å². The van der Waals surface area contributed by atoms with E-state index in [9.17, 15) is 4.39 Å². The summed E-state index contributed by atoms with van der Waals surface area (Å²) in [5.41, 5.74) is 4.06. The summed E-state index contributed by atoms with van der Waals surface area (Å²) >= 11 is 5.84. The SMILES string of the molecule is C=C(Cl)/C=C(\C(=C)F)c1nc2c(c(Nc3ccncc3C)n1)CCCC2. The summed E-state index contributed by atoms with van der Waals surface area (Å²) in [4.78, 5) is 13.3. The van der Waals surface area contributed by atoms with E-state index in [1.807, 2.05) is 13.0 Å². The number of rotatable bonds is 5. The lowest BCUT2D eigenvalue weighted by atomic mass is 9.96. The van der Waals surface area contributed by atoms with Crippen LogP contribution in [0.5, 0.6) is 0 Å².